The van der Waals surface area contributed by atoms with Crippen LogP contribution in [-0.4, -0.2) is 78.6 Å². The van der Waals surface area contributed by atoms with E-state index in [1.807, 2.05) is 29.1 Å². The standard InChI is InChI=1S/C25H25Cl2N5O6S3/c26-17-8-15(9-18(27)29-17)40-12-19(33)30-20-22(34)32-21(25(37)38)13(11-41-23(20)32)10-39-14-3-6-31(7-4-14)5-1-2-16(28)24(35)36/h3-4,6-9,16,20,23H,1-2,5,10-12,28H2,(H2-,30,33,35,36,37,38)/p+1/t16-,20+,23+/m0/s1. The molecule has 1 fully saturated rings. The summed E-state index contributed by atoms with van der Waals surface area (Å²) >= 11 is 15.8. The number of nitrogens with zero attached hydrogens (tertiary/aromatic N) is 3. The lowest BCUT2D eigenvalue weighted by Crippen LogP contribution is -2.70. The van der Waals surface area contributed by atoms with E-state index in [1.54, 1.807) is 12.1 Å². The van der Waals surface area contributed by atoms with Crippen molar-refractivity contribution in [2.45, 2.75) is 46.6 Å². The van der Waals surface area contributed by atoms with Crippen molar-refractivity contribution in [2.24, 2.45) is 5.73 Å². The molecule has 2 amide bonds. The highest BCUT2D eigenvalue weighted by molar-refractivity contribution is 8.01. The lowest BCUT2D eigenvalue weighted by Gasteiger charge is -2.49. The highest BCUT2D eigenvalue weighted by Crippen LogP contribution is 2.41. The number of β-lactam (4-membered cyclic amide) rings is 1. The first-order valence-electron chi connectivity index (χ1n) is 12.3. The van der Waals surface area contributed by atoms with Gasteiger partial charge in [0.2, 0.25) is 5.91 Å². The average molecular weight is 660 g/mol. The summed E-state index contributed by atoms with van der Waals surface area (Å²) in [6.07, 6.45) is 4.74. The van der Waals surface area contributed by atoms with Gasteiger partial charge in [0.05, 0.1) is 5.75 Å². The van der Waals surface area contributed by atoms with Gasteiger partial charge in [-0.25, -0.2) is 14.3 Å². The van der Waals surface area contributed by atoms with Gasteiger partial charge in [0.1, 0.15) is 40.0 Å². The van der Waals surface area contributed by atoms with Crippen LogP contribution in [0.4, 0.5) is 0 Å². The maximum absolute atomic E-state index is 12.9. The lowest BCUT2D eigenvalue weighted by atomic mass is 10.0. The molecule has 11 nitrogen and oxygen atoms in total. The lowest BCUT2D eigenvalue weighted by molar-refractivity contribution is -0.697. The van der Waals surface area contributed by atoms with Crippen LogP contribution in [0.2, 0.25) is 10.3 Å². The van der Waals surface area contributed by atoms with Gasteiger partial charge in [-0.1, -0.05) is 23.2 Å². The second-order valence-electron chi connectivity index (χ2n) is 9.10. The summed E-state index contributed by atoms with van der Waals surface area (Å²) in [5.41, 5.74) is 6.13. The molecule has 218 valence electrons. The van der Waals surface area contributed by atoms with Crippen LogP contribution in [0.15, 0.2) is 57.7 Å². The first kappa shape index (κ1) is 31.4. The molecule has 4 rings (SSSR count). The summed E-state index contributed by atoms with van der Waals surface area (Å²) in [6, 6.07) is 5.27. The third-order valence-corrected chi connectivity index (χ3v) is 10.00. The summed E-state index contributed by atoms with van der Waals surface area (Å²) in [4.78, 5) is 55.1. The smallest absolute Gasteiger partial charge is 0.352 e. The zero-order valence-corrected chi connectivity index (χ0v) is 25.3. The van der Waals surface area contributed by atoms with Gasteiger partial charge in [0.15, 0.2) is 12.4 Å². The zero-order valence-electron chi connectivity index (χ0n) is 21.4. The Labute approximate surface area is 258 Å². The number of carboxylic acids is 2. The summed E-state index contributed by atoms with van der Waals surface area (Å²) in [5, 5.41) is 21.4. The molecular weight excluding hydrogens is 633 g/mol. The highest BCUT2D eigenvalue weighted by atomic mass is 35.5. The molecule has 2 aliphatic heterocycles. The van der Waals surface area contributed by atoms with E-state index in [2.05, 4.69) is 10.3 Å². The highest BCUT2D eigenvalue weighted by Gasteiger charge is 2.54. The molecular formula is C25H26Cl2N5O6S3+. The van der Waals surface area contributed by atoms with E-state index in [0.29, 0.717) is 41.4 Å². The van der Waals surface area contributed by atoms with E-state index in [1.165, 1.54) is 40.2 Å². The Kier molecular flexibility index (Phi) is 10.8. The van der Waals surface area contributed by atoms with Gasteiger partial charge in [-0.15, -0.1) is 35.3 Å². The number of carboxylic acid groups (broad SMARTS) is 2. The predicted octanol–water partition coefficient (Wildman–Crippen LogP) is 2.49. The monoisotopic (exact) mass is 658 g/mol. The van der Waals surface area contributed by atoms with Gasteiger partial charge in [-0.3, -0.25) is 19.3 Å². The first-order valence-corrected chi connectivity index (χ1v) is 16.1. The fourth-order valence-corrected chi connectivity index (χ4v) is 7.89. The molecule has 16 heteroatoms. The molecule has 0 bridgehead atoms. The fourth-order valence-electron chi connectivity index (χ4n) is 4.16. The number of pyridine rings is 2. The first-order chi connectivity index (χ1) is 19.5. The zero-order chi connectivity index (χ0) is 29.7. The SMILES string of the molecule is N[C@@H](CCC[n+]1ccc(SCC2=C(C(=O)O)N3C(=O)[C@@H](NC(=O)CSc4cc(Cl)nc(Cl)c4)[C@H]3SC2)cc1)C(=O)O. The molecule has 2 aromatic rings. The number of nitrogens with two attached hydrogens (primary N) is 1. The number of aryl methyl sites for hydroxylation is 1. The minimum Gasteiger partial charge on any atom is -0.480 e. The normalized spacial score (nSPS) is 18.9. The summed E-state index contributed by atoms with van der Waals surface area (Å²) in [6.45, 7) is 0.623. The maximum Gasteiger partial charge on any atom is 0.352 e. The maximum atomic E-state index is 12.9. The van der Waals surface area contributed by atoms with Crippen LogP contribution in [0.25, 0.3) is 0 Å². The van der Waals surface area contributed by atoms with Crippen molar-refractivity contribution in [3.8, 4) is 0 Å². The Morgan fingerprint density at radius 1 is 1.17 bits per heavy atom. The number of rotatable bonds is 13. The minimum atomic E-state index is -1.18. The van der Waals surface area contributed by atoms with E-state index in [-0.39, 0.29) is 27.7 Å². The van der Waals surface area contributed by atoms with E-state index in [9.17, 15) is 24.3 Å². The number of fused-ring (bicyclic) bond motifs is 1. The number of carbonyl (C=O) groups is 4. The van der Waals surface area contributed by atoms with Crippen molar-refractivity contribution in [1.82, 2.24) is 15.2 Å². The third-order valence-electron chi connectivity index (χ3n) is 6.19. The van der Waals surface area contributed by atoms with Crippen molar-refractivity contribution in [3.63, 3.8) is 0 Å². The number of carbonyl (C=O) groups excluding carboxylic acids is 2. The Balaban J connectivity index is 1.31. The summed E-state index contributed by atoms with van der Waals surface area (Å²) in [5.74, 6) is -2.21. The number of hydrogen-bond donors (Lipinski definition) is 4. The predicted molar refractivity (Wildman–Crippen MR) is 157 cm³/mol. The van der Waals surface area contributed by atoms with Crippen LogP contribution >= 0.6 is 58.5 Å². The Morgan fingerprint density at radius 3 is 2.49 bits per heavy atom. The van der Waals surface area contributed by atoms with E-state index < -0.39 is 35.3 Å². The molecule has 3 atom stereocenters. The van der Waals surface area contributed by atoms with E-state index in [4.69, 9.17) is 34.0 Å². The molecule has 2 aliphatic rings. The largest absolute Gasteiger partial charge is 0.480 e. The molecule has 0 aliphatic carbocycles. The number of hydrogen-bond acceptors (Lipinski definition) is 9. The van der Waals surface area contributed by atoms with Gasteiger partial charge in [0, 0.05) is 39.9 Å². The molecule has 0 saturated carbocycles. The van der Waals surface area contributed by atoms with Crippen LogP contribution in [0.5, 0.6) is 0 Å². The van der Waals surface area contributed by atoms with Crippen molar-refractivity contribution < 1.29 is 34.0 Å². The van der Waals surface area contributed by atoms with E-state index >= 15 is 0 Å². The number of aliphatic carboxylic acids is 2. The molecule has 4 heterocycles. The molecule has 41 heavy (non-hydrogen) atoms. The average Bonchev–Trinajstić information content (AvgIpc) is 2.93. The van der Waals surface area contributed by atoms with Gasteiger partial charge in [-0.2, -0.15) is 0 Å². The molecule has 0 spiro atoms. The van der Waals surface area contributed by atoms with Gasteiger partial charge >= 0.3 is 11.9 Å². The van der Waals surface area contributed by atoms with Crippen molar-refractivity contribution in [3.05, 3.63) is 58.2 Å². The Morgan fingerprint density at radius 2 is 1.85 bits per heavy atom. The topological polar surface area (TPSA) is 167 Å². The van der Waals surface area contributed by atoms with Crippen LogP contribution < -0.4 is 15.6 Å². The number of thioether (sulfide) groups is 3. The van der Waals surface area contributed by atoms with Crippen molar-refractivity contribution >= 4 is 82.2 Å². The van der Waals surface area contributed by atoms with Crippen LogP contribution in [0.1, 0.15) is 12.8 Å². The number of aromatic nitrogens is 2. The quantitative estimate of drug-likeness (QED) is 0.108. The van der Waals surface area contributed by atoms with Crippen LogP contribution in [0.3, 0.4) is 0 Å². The fraction of sp³-hybridized carbons (Fsp3) is 0.360. The van der Waals surface area contributed by atoms with Crippen LogP contribution in [0, 0.1) is 0 Å². The van der Waals surface area contributed by atoms with Gasteiger partial charge < -0.3 is 21.3 Å². The number of nitrogens with one attached hydrogen (secondary N) is 1. The second kappa shape index (κ2) is 14.1. The second-order valence-corrected chi connectivity index (χ2v) is 13.1. The molecule has 2 aromatic heterocycles. The molecule has 5 N–H and O–H groups in total. The third kappa shape index (κ3) is 8.08. The molecule has 0 aromatic carbocycles. The molecule has 0 unspecified atom stereocenters. The van der Waals surface area contributed by atoms with Crippen molar-refractivity contribution in [1.29, 1.82) is 0 Å². The van der Waals surface area contributed by atoms with Crippen molar-refractivity contribution in [2.75, 3.05) is 17.3 Å². The number of amides is 2. The van der Waals surface area contributed by atoms with Gasteiger partial charge in [-0.05, 0) is 24.1 Å². The molecule has 0 radical (unpaired) electrons. The van der Waals surface area contributed by atoms with E-state index in [0.717, 1.165) is 4.90 Å². The molecule has 1 saturated heterocycles. The number of halogens is 2. The summed E-state index contributed by atoms with van der Waals surface area (Å²) in [7, 11) is 0. The van der Waals surface area contributed by atoms with Crippen LogP contribution in [-0.2, 0) is 25.7 Å². The van der Waals surface area contributed by atoms with Gasteiger partial charge in [0.25, 0.3) is 5.91 Å². The summed E-state index contributed by atoms with van der Waals surface area (Å²) < 4.78 is 1.93. The Bertz CT molecular complexity index is 1360. The Hall–Kier alpha value is -2.49. The minimum absolute atomic E-state index is 0.0221.